The molecule has 2 amide bonds. The predicted molar refractivity (Wildman–Crippen MR) is 106 cm³/mol. The predicted octanol–water partition coefficient (Wildman–Crippen LogP) is 2.35. The lowest BCUT2D eigenvalue weighted by atomic mass is 10.2. The number of carbonyl (C=O) groups is 2. The average Bonchev–Trinajstić information content (AvgIpc) is 3.04. The summed E-state index contributed by atoms with van der Waals surface area (Å²) >= 11 is 0. The lowest BCUT2D eigenvalue weighted by molar-refractivity contribution is -0.117. The highest BCUT2D eigenvalue weighted by Gasteiger charge is 2.21. The molecule has 146 valence electrons. The van der Waals surface area contributed by atoms with Gasteiger partial charge in [0.2, 0.25) is 5.91 Å². The van der Waals surface area contributed by atoms with E-state index in [2.05, 4.69) is 15.6 Å². The normalized spacial score (nSPS) is 11.7. The monoisotopic (exact) mass is 382 g/mol. The Labute approximate surface area is 162 Å². The highest BCUT2D eigenvalue weighted by atomic mass is 16.5. The van der Waals surface area contributed by atoms with Crippen molar-refractivity contribution >= 4 is 28.5 Å². The van der Waals surface area contributed by atoms with E-state index in [1.807, 2.05) is 6.07 Å². The van der Waals surface area contributed by atoms with Crippen molar-refractivity contribution in [2.75, 3.05) is 19.5 Å². The van der Waals surface area contributed by atoms with Gasteiger partial charge in [0.25, 0.3) is 5.91 Å². The molecule has 8 nitrogen and oxygen atoms in total. The largest absolute Gasteiger partial charge is 0.497 e. The topological polar surface area (TPSA) is 94.5 Å². The van der Waals surface area contributed by atoms with Gasteiger partial charge in [-0.25, -0.2) is 4.98 Å². The number of carbonyl (C=O) groups excluding carboxylic acids is 2. The van der Waals surface area contributed by atoms with Crippen molar-refractivity contribution < 1.29 is 19.1 Å². The van der Waals surface area contributed by atoms with Crippen LogP contribution in [-0.2, 0) is 11.8 Å². The third-order valence-corrected chi connectivity index (χ3v) is 4.44. The lowest BCUT2D eigenvalue weighted by Crippen LogP contribution is -2.42. The van der Waals surface area contributed by atoms with Gasteiger partial charge in [-0.05, 0) is 25.1 Å². The third-order valence-electron chi connectivity index (χ3n) is 4.44. The maximum Gasteiger partial charge on any atom is 0.268 e. The Morgan fingerprint density at radius 3 is 2.57 bits per heavy atom. The average molecular weight is 382 g/mol. The second-order valence-corrected chi connectivity index (χ2v) is 6.25. The van der Waals surface area contributed by atoms with Crippen LogP contribution < -0.4 is 20.1 Å². The first-order chi connectivity index (χ1) is 13.4. The Morgan fingerprint density at radius 2 is 1.93 bits per heavy atom. The Bertz CT molecular complexity index is 1010. The highest BCUT2D eigenvalue weighted by Crippen LogP contribution is 2.33. The van der Waals surface area contributed by atoms with Crippen LogP contribution in [0, 0.1) is 0 Å². The van der Waals surface area contributed by atoms with E-state index in [1.54, 1.807) is 69.3 Å². The molecule has 2 heterocycles. The number of methoxy groups -OCH3 is 2. The van der Waals surface area contributed by atoms with Crippen LogP contribution in [0.3, 0.4) is 0 Å². The van der Waals surface area contributed by atoms with Crippen molar-refractivity contribution in [2.45, 2.75) is 13.0 Å². The molecule has 0 aliphatic heterocycles. The van der Waals surface area contributed by atoms with Gasteiger partial charge in [-0.15, -0.1) is 0 Å². The van der Waals surface area contributed by atoms with Gasteiger partial charge >= 0.3 is 0 Å². The number of rotatable bonds is 6. The lowest BCUT2D eigenvalue weighted by Gasteiger charge is -2.14. The van der Waals surface area contributed by atoms with Crippen LogP contribution in [0.5, 0.6) is 11.5 Å². The second kappa shape index (κ2) is 7.99. The number of pyridine rings is 1. The fourth-order valence-corrected chi connectivity index (χ4v) is 2.89. The zero-order valence-corrected chi connectivity index (χ0v) is 16.1. The van der Waals surface area contributed by atoms with E-state index in [0.717, 1.165) is 10.9 Å². The van der Waals surface area contributed by atoms with Gasteiger partial charge in [0.1, 0.15) is 29.1 Å². The fourth-order valence-electron chi connectivity index (χ4n) is 2.89. The van der Waals surface area contributed by atoms with Gasteiger partial charge in [-0.3, -0.25) is 9.59 Å². The van der Waals surface area contributed by atoms with E-state index in [4.69, 9.17) is 9.47 Å². The highest BCUT2D eigenvalue weighted by molar-refractivity contribution is 6.03. The standard InChI is InChI=1S/C20H22N4O4/c1-12(19(25)23-18-7-5-6-8-21-18)22-20(26)16-11-14-15(24(16)2)9-13(27-3)10-17(14)28-4/h5-12H,1-4H3,(H,22,26)(H,21,23,25). The molecule has 8 heteroatoms. The van der Waals surface area contributed by atoms with Gasteiger partial charge in [0.15, 0.2) is 0 Å². The van der Waals surface area contributed by atoms with Crippen molar-refractivity contribution in [3.05, 3.63) is 48.3 Å². The third kappa shape index (κ3) is 3.75. The zero-order chi connectivity index (χ0) is 20.3. The minimum Gasteiger partial charge on any atom is -0.497 e. The molecule has 0 spiro atoms. The van der Waals surface area contributed by atoms with Crippen LogP contribution in [0.15, 0.2) is 42.6 Å². The number of ether oxygens (including phenoxy) is 2. The number of nitrogens with one attached hydrogen (secondary N) is 2. The SMILES string of the molecule is COc1cc(OC)c2cc(C(=O)NC(C)C(=O)Nc3ccccn3)n(C)c2c1. The van der Waals surface area contributed by atoms with E-state index in [9.17, 15) is 9.59 Å². The first-order valence-corrected chi connectivity index (χ1v) is 8.68. The van der Waals surface area contributed by atoms with Crippen molar-refractivity contribution in [3.8, 4) is 11.5 Å². The molecule has 2 aromatic heterocycles. The van der Waals surface area contributed by atoms with E-state index in [1.165, 1.54) is 0 Å². The molecule has 0 saturated carbocycles. The number of aryl methyl sites for hydroxylation is 1. The molecule has 0 bridgehead atoms. The molecule has 28 heavy (non-hydrogen) atoms. The zero-order valence-electron chi connectivity index (χ0n) is 16.1. The Hall–Kier alpha value is -3.55. The summed E-state index contributed by atoms with van der Waals surface area (Å²) in [7, 11) is 4.90. The summed E-state index contributed by atoms with van der Waals surface area (Å²) in [4.78, 5) is 29.1. The number of nitrogens with zero attached hydrogens (tertiary/aromatic N) is 2. The summed E-state index contributed by atoms with van der Waals surface area (Å²) in [6.45, 7) is 1.61. The number of benzene rings is 1. The van der Waals surface area contributed by atoms with E-state index in [0.29, 0.717) is 23.0 Å². The van der Waals surface area contributed by atoms with Gasteiger partial charge in [-0.1, -0.05) is 6.07 Å². The van der Waals surface area contributed by atoms with Gasteiger partial charge in [0, 0.05) is 30.8 Å². The summed E-state index contributed by atoms with van der Waals surface area (Å²) in [5.74, 6) is 0.925. The second-order valence-electron chi connectivity index (χ2n) is 6.25. The number of hydrogen-bond acceptors (Lipinski definition) is 5. The quantitative estimate of drug-likeness (QED) is 0.682. The molecule has 3 rings (SSSR count). The first kappa shape index (κ1) is 19.2. The van der Waals surface area contributed by atoms with Crippen molar-refractivity contribution in [2.24, 2.45) is 7.05 Å². The number of anilines is 1. The Kier molecular flexibility index (Phi) is 5.49. The molecular weight excluding hydrogens is 360 g/mol. The van der Waals surface area contributed by atoms with Gasteiger partial charge < -0.3 is 24.7 Å². The molecule has 3 aromatic rings. The van der Waals surface area contributed by atoms with E-state index in [-0.39, 0.29) is 11.8 Å². The molecule has 0 saturated heterocycles. The summed E-state index contributed by atoms with van der Waals surface area (Å²) in [5.41, 5.74) is 1.19. The first-order valence-electron chi connectivity index (χ1n) is 8.68. The molecule has 0 fully saturated rings. The summed E-state index contributed by atoms with van der Waals surface area (Å²) in [6.07, 6.45) is 1.58. The molecule has 0 aliphatic carbocycles. The maximum absolute atomic E-state index is 12.8. The van der Waals surface area contributed by atoms with Crippen LogP contribution in [0.2, 0.25) is 0 Å². The van der Waals surface area contributed by atoms with Crippen LogP contribution >= 0.6 is 0 Å². The molecule has 2 N–H and O–H groups in total. The van der Waals surface area contributed by atoms with E-state index < -0.39 is 6.04 Å². The van der Waals surface area contributed by atoms with Crippen LogP contribution in [0.25, 0.3) is 10.9 Å². The van der Waals surface area contributed by atoms with Crippen LogP contribution in [-0.4, -0.2) is 41.6 Å². The molecule has 1 unspecified atom stereocenters. The van der Waals surface area contributed by atoms with Crippen molar-refractivity contribution in [3.63, 3.8) is 0 Å². The van der Waals surface area contributed by atoms with Crippen LogP contribution in [0.1, 0.15) is 17.4 Å². The molecule has 1 aromatic carbocycles. The summed E-state index contributed by atoms with van der Waals surface area (Å²) in [6, 6.07) is 9.76. The van der Waals surface area contributed by atoms with Crippen LogP contribution in [0.4, 0.5) is 5.82 Å². The fraction of sp³-hybridized carbons (Fsp3) is 0.250. The molecule has 0 radical (unpaired) electrons. The number of aromatic nitrogens is 2. The molecule has 1 atom stereocenters. The minimum absolute atomic E-state index is 0.356. The summed E-state index contributed by atoms with van der Waals surface area (Å²) < 4.78 is 12.4. The number of fused-ring (bicyclic) bond motifs is 1. The van der Waals surface area contributed by atoms with Crippen molar-refractivity contribution in [1.82, 2.24) is 14.9 Å². The maximum atomic E-state index is 12.8. The van der Waals surface area contributed by atoms with E-state index >= 15 is 0 Å². The smallest absolute Gasteiger partial charge is 0.268 e. The van der Waals surface area contributed by atoms with Gasteiger partial charge in [0.05, 0.1) is 19.7 Å². The van der Waals surface area contributed by atoms with Gasteiger partial charge in [-0.2, -0.15) is 0 Å². The number of amides is 2. The summed E-state index contributed by atoms with van der Waals surface area (Å²) in [5, 5.41) is 6.16. The number of hydrogen-bond donors (Lipinski definition) is 2. The Morgan fingerprint density at radius 1 is 1.14 bits per heavy atom. The molecule has 0 aliphatic rings. The minimum atomic E-state index is -0.746. The molecular formula is C20H22N4O4. The van der Waals surface area contributed by atoms with Crippen molar-refractivity contribution in [1.29, 1.82) is 0 Å². The Balaban J connectivity index is 1.81.